The Kier molecular flexibility index (Phi) is 2.53. The molecule has 1 amide bonds. The minimum Gasteiger partial charge on any atom is -0.361 e. The van der Waals surface area contributed by atoms with E-state index < -0.39 is 0 Å². The molecule has 0 aliphatic heterocycles. The maximum atomic E-state index is 12.0. The molecule has 0 bridgehead atoms. The molecule has 0 unspecified atom stereocenters. The molecule has 0 saturated heterocycles. The molecule has 0 atom stereocenters. The quantitative estimate of drug-likeness (QED) is 0.720. The van der Waals surface area contributed by atoms with Gasteiger partial charge in [0.05, 0.1) is 0 Å². The predicted octanol–water partition coefficient (Wildman–Crippen LogP) is 2.82. The molecule has 0 saturated carbocycles. The van der Waals surface area contributed by atoms with Gasteiger partial charge in [-0.3, -0.25) is 4.79 Å². The first-order chi connectivity index (χ1) is 8.83. The van der Waals surface area contributed by atoms with Crippen molar-refractivity contribution in [2.45, 2.75) is 0 Å². The maximum Gasteiger partial charge on any atom is 0.256 e. The summed E-state index contributed by atoms with van der Waals surface area (Å²) in [7, 11) is 0. The van der Waals surface area contributed by atoms with Crippen molar-refractivity contribution in [1.82, 2.24) is 9.97 Å². The van der Waals surface area contributed by atoms with E-state index >= 15 is 0 Å². The highest BCUT2D eigenvalue weighted by Crippen LogP contribution is 2.15. The number of carbonyl (C=O) groups excluding carboxylic acids is 1. The molecule has 1 aromatic carbocycles. The van der Waals surface area contributed by atoms with Gasteiger partial charge >= 0.3 is 0 Å². The van der Waals surface area contributed by atoms with Crippen LogP contribution in [-0.4, -0.2) is 15.9 Å². The number of benzene rings is 1. The average Bonchev–Trinajstić information content (AvgIpc) is 2.87. The Labute approximate surface area is 104 Å². The topological polar surface area (TPSA) is 57.8 Å². The van der Waals surface area contributed by atoms with E-state index in [-0.39, 0.29) is 5.91 Å². The van der Waals surface area contributed by atoms with Gasteiger partial charge < -0.3 is 10.3 Å². The van der Waals surface area contributed by atoms with Gasteiger partial charge in [-0.2, -0.15) is 0 Å². The van der Waals surface area contributed by atoms with Crippen molar-refractivity contribution >= 4 is 22.6 Å². The second-order valence-corrected chi connectivity index (χ2v) is 3.95. The highest BCUT2D eigenvalue weighted by molar-refractivity contribution is 6.05. The number of nitrogens with one attached hydrogen (secondary N) is 2. The number of aromatic amines is 1. The van der Waals surface area contributed by atoms with Gasteiger partial charge in [-0.15, -0.1) is 0 Å². The van der Waals surface area contributed by atoms with Crippen LogP contribution in [0.1, 0.15) is 10.4 Å². The summed E-state index contributed by atoms with van der Waals surface area (Å²) < 4.78 is 0. The van der Waals surface area contributed by atoms with E-state index in [1.54, 1.807) is 24.4 Å². The number of hydrogen-bond donors (Lipinski definition) is 2. The van der Waals surface area contributed by atoms with Gasteiger partial charge in [0.25, 0.3) is 5.91 Å². The lowest BCUT2D eigenvalue weighted by Crippen LogP contribution is -2.12. The van der Waals surface area contributed by atoms with E-state index in [4.69, 9.17) is 0 Å². The third-order valence-corrected chi connectivity index (χ3v) is 2.72. The molecule has 0 aliphatic rings. The van der Waals surface area contributed by atoms with E-state index in [0.717, 1.165) is 10.9 Å². The van der Waals surface area contributed by atoms with Gasteiger partial charge in [-0.25, -0.2) is 4.98 Å². The molecule has 4 nitrogen and oxygen atoms in total. The lowest BCUT2D eigenvalue weighted by atomic mass is 10.1. The van der Waals surface area contributed by atoms with E-state index in [0.29, 0.717) is 11.4 Å². The molecular weight excluding hydrogens is 226 g/mol. The Hall–Kier alpha value is -2.62. The predicted molar refractivity (Wildman–Crippen MR) is 70.5 cm³/mol. The van der Waals surface area contributed by atoms with Crippen LogP contribution in [0.4, 0.5) is 5.82 Å². The van der Waals surface area contributed by atoms with Crippen LogP contribution < -0.4 is 5.32 Å². The molecule has 2 aromatic heterocycles. The molecule has 0 fully saturated rings. The minimum absolute atomic E-state index is 0.162. The summed E-state index contributed by atoms with van der Waals surface area (Å²) in [6.45, 7) is 0. The van der Waals surface area contributed by atoms with Crippen LogP contribution in [0, 0.1) is 0 Å². The van der Waals surface area contributed by atoms with Crippen LogP contribution in [0.3, 0.4) is 0 Å². The van der Waals surface area contributed by atoms with Gasteiger partial charge in [0.2, 0.25) is 0 Å². The third kappa shape index (κ3) is 1.96. The molecule has 3 aromatic rings. The Morgan fingerprint density at radius 2 is 2.11 bits per heavy atom. The summed E-state index contributed by atoms with van der Waals surface area (Å²) in [4.78, 5) is 19.2. The van der Waals surface area contributed by atoms with Crippen molar-refractivity contribution in [3.8, 4) is 0 Å². The van der Waals surface area contributed by atoms with Crippen LogP contribution in [0.2, 0.25) is 0 Å². The molecule has 88 valence electrons. The van der Waals surface area contributed by atoms with Gasteiger partial charge in [-0.05, 0) is 35.7 Å². The Bertz CT molecular complexity index is 688. The molecule has 18 heavy (non-hydrogen) atoms. The number of anilines is 1. The molecule has 2 N–H and O–H groups in total. The SMILES string of the molecule is O=C(Nc1ccccn1)c1ccc2cc[nH]c2c1. The van der Waals surface area contributed by atoms with Crippen LogP contribution in [0.5, 0.6) is 0 Å². The zero-order valence-electron chi connectivity index (χ0n) is 9.55. The number of amides is 1. The zero-order chi connectivity index (χ0) is 12.4. The maximum absolute atomic E-state index is 12.0. The van der Waals surface area contributed by atoms with Crippen LogP contribution in [-0.2, 0) is 0 Å². The van der Waals surface area contributed by atoms with E-state index in [9.17, 15) is 4.79 Å². The molecule has 0 radical (unpaired) electrons. The molecule has 0 aliphatic carbocycles. The van der Waals surface area contributed by atoms with Crippen LogP contribution >= 0.6 is 0 Å². The number of rotatable bonds is 2. The second kappa shape index (κ2) is 4.33. The summed E-state index contributed by atoms with van der Waals surface area (Å²) >= 11 is 0. The normalized spacial score (nSPS) is 10.4. The summed E-state index contributed by atoms with van der Waals surface area (Å²) in [5, 5.41) is 3.84. The number of pyridine rings is 1. The van der Waals surface area contributed by atoms with E-state index in [1.165, 1.54) is 0 Å². The van der Waals surface area contributed by atoms with Crippen molar-refractivity contribution in [2.75, 3.05) is 5.32 Å². The first-order valence-electron chi connectivity index (χ1n) is 5.62. The van der Waals surface area contributed by atoms with Crippen molar-refractivity contribution in [3.05, 3.63) is 60.4 Å². The number of fused-ring (bicyclic) bond motifs is 1. The van der Waals surface area contributed by atoms with Crippen LogP contribution in [0.25, 0.3) is 10.9 Å². The van der Waals surface area contributed by atoms with E-state index in [1.807, 2.05) is 30.5 Å². The molecule has 2 heterocycles. The van der Waals surface area contributed by atoms with E-state index in [2.05, 4.69) is 15.3 Å². The van der Waals surface area contributed by atoms with Crippen molar-refractivity contribution in [3.63, 3.8) is 0 Å². The van der Waals surface area contributed by atoms with Gasteiger partial charge in [0.1, 0.15) is 5.82 Å². The average molecular weight is 237 g/mol. The number of carbonyl (C=O) groups is 1. The third-order valence-electron chi connectivity index (χ3n) is 2.72. The summed E-state index contributed by atoms with van der Waals surface area (Å²) in [5.74, 6) is 0.388. The second-order valence-electron chi connectivity index (χ2n) is 3.95. The van der Waals surface area contributed by atoms with Gasteiger partial charge in [0, 0.05) is 23.5 Å². The largest absolute Gasteiger partial charge is 0.361 e. The van der Waals surface area contributed by atoms with Crippen molar-refractivity contribution < 1.29 is 4.79 Å². The summed E-state index contributed by atoms with van der Waals surface area (Å²) in [6.07, 6.45) is 3.49. The Morgan fingerprint density at radius 3 is 2.94 bits per heavy atom. The molecule has 0 spiro atoms. The number of aromatic nitrogens is 2. The van der Waals surface area contributed by atoms with Crippen molar-refractivity contribution in [2.24, 2.45) is 0 Å². The molecule has 4 heteroatoms. The highest BCUT2D eigenvalue weighted by Gasteiger charge is 2.07. The minimum atomic E-state index is -0.162. The highest BCUT2D eigenvalue weighted by atomic mass is 16.1. The summed E-state index contributed by atoms with van der Waals surface area (Å²) in [6, 6.07) is 12.9. The van der Waals surface area contributed by atoms with Gasteiger partial charge in [-0.1, -0.05) is 12.1 Å². The lowest BCUT2D eigenvalue weighted by molar-refractivity contribution is 0.102. The first-order valence-corrected chi connectivity index (χ1v) is 5.62. The molecule has 3 rings (SSSR count). The first kappa shape index (κ1) is 10.5. The van der Waals surface area contributed by atoms with Crippen LogP contribution in [0.15, 0.2) is 54.9 Å². The van der Waals surface area contributed by atoms with Gasteiger partial charge in [0.15, 0.2) is 0 Å². The fourth-order valence-corrected chi connectivity index (χ4v) is 1.81. The number of H-pyrrole nitrogens is 1. The Morgan fingerprint density at radius 1 is 1.17 bits per heavy atom. The fourth-order valence-electron chi connectivity index (χ4n) is 1.81. The monoisotopic (exact) mass is 237 g/mol. The zero-order valence-corrected chi connectivity index (χ0v) is 9.55. The molecular formula is C14H11N3O. The summed E-state index contributed by atoms with van der Waals surface area (Å²) in [5.41, 5.74) is 1.55. The lowest BCUT2D eigenvalue weighted by Gasteiger charge is -2.04. The number of hydrogen-bond acceptors (Lipinski definition) is 2. The fraction of sp³-hybridized carbons (Fsp3) is 0. The standard InChI is InChI=1S/C14H11N3O/c18-14(17-13-3-1-2-7-16-13)11-5-4-10-6-8-15-12(10)9-11/h1-9,15H,(H,16,17,18). The number of nitrogens with zero attached hydrogens (tertiary/aromatic N) is 1. The van der Waals surface area contributed by atoms with Crippen molar-refractivity contribution in [1.29, 1.82) is 0 Å². The smallest absolute Gasteiger partial charge is 0.256 e. The Balaban J connectivity index is 1.87.